The number of hydrogen-bond donors (Lipinski definition) is 3. The molecule has 1 aliphatic rings. The van der Waals surface area contributed by atoms with Crippen LogP contribution in [0.15, 0.2) is 30.5 Å². The quantitative estimate of drug-likeness (QED) is 0.667. The Labute approximate surface area is 159 Å². The van der Waals surface area contributed by atoms with Crippen LogP contribution in [-0.2, 0) is 20.7 Å². The van der Waals surface area contributed by atoms with Crippen LogP contribution in [0.5, 0.6) is 0 Å². The molecule has 0 saturated carbocycles. The van der Waals surface area contributed by atoms with Crippen LogP contribution in [0, 0.1) is 0 Å². The Bertz CT molecular complexity index is 828. The maximum absolute atomic E-state index is 12.4. The predicted molar refractivity (Wildman–Crippen MR) is 98.8 cm³/mol. The number of rotatable bonds is 7. The number of ether oxygens (including phenoxy) is 1. The predicted octanol–water partition coefficient (Wildman–Crippen LogP) is 1.99. The number of carbonyl (C=O) groups excluding carboxylic acids is 2. The third-order valence-corrected chi connectivity index (χ3v) is 5.05. The van der Waals surface area contributed by atoms with Gasteiger partial charge in [0.2, 0.25) is 5.91 Å². The van der Waals surface area contributed by atoms with Crippen molar-refractivity contribution >= 4 is 34.8 Å². The lowest BCUT2D eigenvalue weighted by atomic mass is 10.1. The molecule has 1 fully saturated rings. The van der Waals surface area contributed by atoms with Crippen molar-refractivity contribution in [3.63, 3.8) is 0 Å². The molecule has 1 aliphatic heterocycles. The lowest BCUT2D eigenvalue weighted by Gasteiger charge is -2.06. The molecule has 3 N–H and O–H groups in total. The first kappa shape index (κ1) is 19.0. The zero-order valence-electron chi connectivity index (χ0n) is 14.4. The summed E-state index contributed by atoms with van der Waals surface area (Å²) in [5.41, 5.74) is 1.32. The van der Waals surface area contributed by atoms with Gasteiger partial charge in [-0.1, -0.05) is 12.1 Å². The normalized spacial score (nSPS) is 16.1. The minimum absolute atomic E-state index is 0.0110. The molecule has 0 spiro atoms. The molecule has 1 aromatic heterocycles. The number of thiazole rings is 1. The van der Waals surface area contributed by atoms with Crippen molar-refractivity contribution in [2.75, 3.05) is 18.5 Å². The van der Waals surface area contributed by atoms with E-state index in [0.717, 1.165) is 24.5 Å². The number of nitrogens with zero attached hydrogens (tertiary/aromatic N) is 1. The van der Waals surface area contributed by atoms with Crippen LogP contribution in [0.1, 0.15) is 39.2 Å². The number of amides is 2. The fourth-order valence-electron chi connectivity index (χ4n) is 2.63. The lowest BCUT2D eigenvalue weighted by Crippen LogP contribution is -2.30. The van der Waals surface area contributed by atoms with Crippen LogP contribution in [0.4, 0.5) is 5.69 Å². The van der Waals surface area contributed by atoms with Gasteiger partial charge in [-0.15, -0.1) is 11.3 Å². The average molecular weight is 389 g/mol. The van der Waals surface area contributed by atoms with Gasteiger partial charge in [-0.2, -0.15) is 0 Å². The van der Waals surface area contributed by atoms with Crippen LogP contribution in [0.3, 0.4) is 0 Å². The van der Waals surface area contributed by atoms with Gasteiger partial charge in [-0.3, -0.25) is 14.4 Å². The zero-order valence-corrected chi connectivity index (χ0v) is 15.3. The Hall–Kier alpha value is -2.78. The number of anilines is 1. The van der Waals surface area contributed by atoms with E-state index in [9.17, 15) is 14.4 Å². The fourth-order valence-corrected chi connectivity index (χ4v) is 3.53. The maximum atomic E-state index is 12.4. The number of benzene rings is 1. The molecule has 0 radical (unpaired) electrons. The van der Waals surface area contributed by atoms with E-state index in [1.54, 1.807) is 30.5 Å². The number of carboxylic acids is 1. The standard InChI is InChI=1S/C18H19N3O5S/c22-15(19-10-16(23)24)8-11-3-5-12(6-4-11)21-17(25)14-9-20-18(27-14)13-2-1-7-26-13/h3-6,9,13H,1-2,7-8,10H2,(H,19,22)(H,21,25)(H,23,24). The van der Waals surface area contributed by atoms with Crippen molar-refractivity contribution in [3.05, 3.63) is 45.9 Å². The molecule has 8 nitrogen and oxygen atoms in total. The summed E-state index contributed by atoms with van der Waals surface area (Å²) in [6, 6.07) is 6.81. The van der Waals surface area contributed by atoms with Gasteiger partial charge in [0, 0.05) is 12.3 Å². The highest BCUT2D eigenvalue weighted by atomic mass is 32.1. The summed E-state index contributed by atoms with van der Waals surface area (Å²) >= 11 is 1.33. The Kier molecular flexibility index (Phi) is 6.15. The molecule has 0 bridgehead atoms. The number of nitrogens with one attached hydrogen (secondary N) is 2. The summed E-state index contributed by atoms with van der Waals surface area (Å²) in [7, 11) is 0. The van der Waals surface area contributed by atoms with Gasteiger partial charge in [0.05, 0.1) is 12.6 Å². The van der Waals surface area contributed by atoms with Crippen molar-refractivity contribution in [2.45, 2.75) is 25.4 Å². The molecule has 0 aliphatic carbocycles. The molecular weight excluding hydrogens is 370 g/mol. The largest absolute Gasteiger partial charge is 0.480 e. The second-order valence-electron chi connectivity index (χ2n) is 6.06. The highest BCUT2D eigenvalue weighted by Crippen LogP contribution is 2.31. The molecule has 2 heterocycles. The molecule has 2 amide bonds. The second-order valence-corrected chi connectivity index (χ2v) is 7.12. The molecule has 1 unspecified atom stereocenters. The Morgan fingerprint density at radius 1 is 1.26 bits per heavy atom. The molecule has 27 heavy (non-hydrogen) atoms. The van der Waals surface area contributed by atoms with Gasteiger partial charge in [-0.25, -0.2) is 4.98 Å². The molecule has 1 saturated heterocycles. The Balaban J connectivity index is 1.54. The molecular formula is C18H19N3O5S. The monoisotopic (exact) mass is 389 g/mol. The minimum Gasteiger partial charge on any atom is -0.480 e. The fraction of sp³-hybridized carbons (Fsp3) is 0.333. The van der Waals surface area contributed by atoms with E-state index in [2.05, 4.69) is 15.6 Å². The summed E-state index contributed by atoms with van der Waals surface area (Å²) in [5.74, 6) is -1.71. The van der Waals surface area contributed by atoms with E-state index in [-0.39, 0.29) is 24.3 Å². The minimum atomic E-state index is -1.09. The van der Waals surface area contributed by atoms with Crippen LogP contribution in [-0.4, -0.2) is 41.0 Å². The van der Waals surface area contributed by atoms with Crippen molar-refractivity contribution in [1.29, 1.82) is 0 Å². The summed E-state index contributed by atoms with van der Waals surface area (Å²) in [6.07, 6.45) is 3.55. The first-order chi connectivity index (χ1) is 13.0. The first-order valence-corrected chi connectivity index (χ1v) is 9.29. The van der Waals surface area contributed by atoms with E-state index in [0.29, 0.717) is 16.1 Å². The second kappa shape index (κ2) is 8.74. The number of aromatic nitrogens is 1. The number of carboxylic acid groups (broad SMARTS) is 1. The van der Waals surface area contributed by atoms with E-state index < -0.39 is 12.5 Å². The van der Waals surface area contributed by atoms with Crippen LogP contribution in [0.2, 0.25) is 0 Å². The molecule has 9 heteroatoms. The number of hydrogen-bond acceptors (Lipinski definition) is 6. The molecule has 1 atom stereocenters. The van der Waals surface area contributed by atoms with Crippen molar-refractivity contribution in [3.8, 4) is 0 Å². The Morgan fingerprint density at radius 2 is 2.04 bits per heavy atom. The van der Waals surface area contributed by atoms with Crippen LogP contribution < -0.4 is 10.6 Å². The summed E-state index contributed by atoms with van der Waals surface area (Å²) in [4.78, 5) is 39.2. The smallest absolute Gasteiger partial charge is 0.322 e. The van der Waals surface area contributed by atoms with Crippen molar-refractivity contribution in [2.24, 2.45) is 0 Å². The number of carbonyl (C=O) groups is 3. The van der Waals surface area contributed by atoms with Crippen molar-refractivity contribution < 1.29 is 24.2 Å². The van der Waals surface area contributed by atoms with E-state index in [1.165, 1.54) is 11.3 Å². The van der Waals surface area contributed by atoms with E-state index in [1.807, 2.05) is 0 Å². The summed E-state index contributed by atoms with van der Waals surface area (Å²) < 4.78 is 5.58. The van der Waals surface area contributed by atoms with E-state index in [4.69, 9.17) is 9.84 Å². The van der Waals surface area contributed by atoms with Gasteiger partial charge in [-0.05, 0) is 30.5 Å². The van der Waals surface area contributed by atoms with Gasteiger partial charge >= 0.3 is 5.97 Å². The average Bonchev–Trinajstić information content (AvgIpc) is 3.33. The summed E-state index contributed by atoms with van der Waals surface area (Å²) in [6.45, 7) is 0.322. The molecule has 142 valence electrons. The molecule has 3 rings (SSSR count). The van der Waals surface area contributed by atoms with Crippen molar-refractivity contribution in [1.82, 2.24) is 10.3 Å². The van der Waals surface area contributed by atoms with Gasteiger partial charge in [0.1, 0.15) is 22.5 Å². The van der Waals surface area contributed by atoms with Crippen LogP contribution >= 0.6 is 11.3 Å². The van der Waals surface area contributed by atoms with Gasteiger partial charge < -0.3 is 20.5 Å². The highest BCUT2D eigenvalue weighted by molar-refractivity contribution is 7.13. The third kappa shape index (κ3) is 5.35. The SMILES string of the molecule is O=C(O)CNC(=O)Cc1ccc(NC(=O)c2cnc(C3CCCO3)s2)cc1. The summed E-state index contributed by atoms with van der Waals surface area (Å²) in [5, 5.41) is 14.5. The van der Waals surface area contributed by atoms with E-state index >= 15 is 0 Å². The third-order valence-electron chi connectivity index (χ3n) is 3.97. The Morgan fingerprint density at radius 3 is 2.70 bits per heavy atom. The maximum Gasteiger partial charge on any atom is 0.322 e. The number of aliphatic carboxylic acids is 1. The topological polar surface area (TPSA) is 118 Å². The molecule has 1 aromatic carbocycles. The lowest BCUT2D eigenvalue weighted by molar-refractivity contribution is -0.137. The van der Waals surface area contributed by atoms with Gasteiger partial charge in [0.15, 0.2) is 0 Å². The van der Waals surface area contributed by atoms with Gasteiger partial charge in [0.25, 0.3) is 5.91 Å². The highest BCUT2D eigenvalue weighted by Gasteiger charge is 2.22. The first-order valence-electron chi connectivity index (χ1n) is 8.47. The molecule has 2 aromatic rings. The van der Waals surface area contributed by atoms with Crippen LogP contribution in [0.25, 0.3) is 0 Å². The zero-order chi connectivity index (χ0) is 19.2.